The molecule has 0 aliphatic rings. The molecule has 0 atom stereocenters. The van der Waals surface area contributed by atoms with E-state index < -0.39 is 22.6 Å². The second-order valence-electron chi connectivity index (χ2n) is 7.05. The Kier molecular flexibility index (Phi) is 6.52. The van der Waals surface area contributed by atoms with E-state index >= 15 is 0 Å². The summed E-state index contributed by atoms with van der Waals surface area (Å²) in [7, 11) is 1.41. The van der Waals surface area contributed by atoms with Crippen molar-refractivity contribution in [3.63, 3.8) is 0 Å². The molecule has 0 spiro atoms. The molecule has 1 N–H and O–H groups in total. The fourth-order valence-corrected chi connectivity index (χ4v) is 3.32. The zero-order valence-electron chi connectivity index (χ0n) is 17.8. The van der Waals surface area contributed by atoms with E-state index in [0.717, 1.165) is 23.9 Å². The first-order chi connectivity index (χ1) is 15.5. The van der Waals surface area contributed by atoms with Gasteiger partial charge in [-0.3, -0.25) is 14.9 Å². The summed E-state index contributed by atoms with van der Waals surface area (Å²) >= 11 is 0. The van der Waals surface area contributed by atoms with Crippen LogP contribution in [0.3, 0.4) is 0 Å². The molecule has 0 bridgehead atoms. The number of nitro benzene ring substituents is 1. The molecule has 0 radical (unpaired) electrons. The molecule has 0 aliphatic heterocycles. The number of hydrogen-bond donors (Lipinski definition) is 1. The highest BCUT2D eigenvalue weighted by molar-refractivity contribution is 5.95. The average Bonchev–Trinajstić information content (AvgIpc) is 3.05. The summed E-state index contributed by atoms with van der Waals surface area (Å²) in [6.45, 7) is 3.59. The Morgan fingerprint density at radius 3 is 2.55 bits per heavy atom. The number of aryl methyl sites for hydroxylation is 1. The van der Waals surface area contributed by atoms with Gasteiger partial charge in [-0.15, -0.1) is 0 Å². The van der Waals surface area contributed by atoms with Crippen LogP contribution in [-0.4, -0.2) is 28.7 Å². The van der Waals surface area contributed by atoms with Crippen molar-refractivity contribution in [2.75, 3.05) is 7.11 Å². The SMILES string of the molecule is COc1cc([N+](=O)[O-])ccc1-n1c(C)cc(/C=N\NC(=O)c2cccc(C(F)(F)F)c2)c1C. The van der Waals surface area contributed by atoms with Gasteiger partial charge in [0.1, 0.15) is 5.75 Å². The van der Waals surface area contributed by atoms with Gasteiger partial charge in [0.25, 0.3) is 11.6 Å². The molecule has 3 aromatic rings. The minimum atomic E-state index is -4.56. The highest BCUT2D eigenvalue weighted by atomic mass is 19.4. The Morgan fingerprint density at radius 1 is 1.18 bits per heavy atom. The van der Waals surface area contributed by atoms with Gasteiger partial charge in [-0.1, -0.05) is 6.07 Å². The first kappa shape index (κ1) is 23.5. The van der Waals surface area contributed by atoms with Crippen molar-refractivity contribution in [1.82, 2.24) is 9.99 Å². The number of carbonyl (C=O) groups is 1. The highest BCUT2D eigenvalue weighted by Crippen LogP contribution is 2.31. The molecule has 0 aliphatic carbocycles. The van der Waals surface area contributed by atoms with Crippen LogP contribution in [0.4, 0.5) is 18.9 Å². The lowest BCUT2D eigenvalue weighted by Crippen LogP contribution is -2.18. The lowest BCUT2D eigenvalue weighted by Gasteiger charge is -2.13. The van der Waals surface area contributed by atoms with E-state index in [0.29, 0.717) is 22.7 Å². The monoisotopic (exact) mass is 460 g/mol. The van der Waals surface area contributed by atoms with E-state index in [4.69, 9.17) is 4.74 Å². The molecule has 8 nitrogen and oxygen atoms in total. The van der Waals surface area contributed by atoms with Crippen molar-refractivity contribution in [2.45, 2.75) is 20.0 Å². The van der Waals surface area contributed by atoms with Gasteiger partial charge in [0.15, 0.2) is 0 Å². The number of hydrazone groups is 1. The standard InChI is InChI=1S/C22H19F3N4O4/c1-13-9-16(12-26-27-21(30)15-5-4-6-17(10-15)22(23,24)25)14(2)28(13)19-8-7-18(29(31)32)11-20(19)33-3/h4-12H,1-3H3,(H,27,30)/b26-12-. The summed E-state index contributed by atoms with van der Waals surface area (Å²) in [5.41, 5.74) is 3.67. The normalized spacial score (nSPS) is 11.6. The molecule has 33 heavy (non-hydrogen) atoms. The lowest BCUT2D eigenvalue weighted by molar-refractivity contribution is -0.384. The number of ether oxygens (including phenoxy) is 1. The molecule has 0 fully saturated rings. The first-order valence-corrected chi connectivity index (χ1v) is 9.55. The van der Waals surface area contributed by atoms with Crippen molar-refractivity contribution in [1.29, 1.82) is 0 Å². The summed E-state index contributed by atoms with van der Waals surface area (Å²) in [5, 5.41) is 14.9. The van der Waals surface area contributed by atoms with Gasteiger partial charge in [0.2, 0.25) is 0 Å². The first-order valence-electron chi connectivity index (χ1n) is 9.55. The predicted octanol–water partition coefficient (Wildman–Crippen LogP) is 4.79. The van der Waals surface area contributed by atoms with Crippen molar-refractivity contribution in [2.24, 2.45) is 5.10 Å². The van der Waals surface area contributed by atoms with E-state index in [1.54, 1.807) is 23.6 Å². The van der Waals surface area contributed by atoms with Gasteiger partial charge in [0.05, 0.1) is 35.6 Å². The third-order valence-electron chi connectivity index (χ3n) is 4.91. The van der Waals surface area contributed by atoms with Crippen molar-refractivity contribution in [3.8, 4) is 11.4 Å². The minimum absolute atomic E-state index is 0.114. The molecular formula is C22H19F3N4O4. The molecule has 1 aromatic heterocycles. The Balaban J connectivity index is 1.84. The molecular weight excluding hydrogens is 441 g/mol. The van der Waals surface area contributed by atoms with Crippen molar-refractivity contribution >= 4 is 17.8 Å². The lowest BCUT2D eigenvalue weighted by atomic mass is 10.1. The smallest absolute Gasteiger partial charge is 0.416 e. The van der Waals surface area contributed by atoms with Crippen molar-refractivity contribution < 1.29 is 27.6 Å². The number of benzene rings is 2. The Bertz CT molecular complexity index is 1250. The summed E-state index contributed by atoms with van der Waals surface area (Å²) in [6, 6.07) is 10.0. The number of amides is 1. The number of rotatable bonds is 6. The maximum Gasteiger partial charge on any atom is 0.416 e. The van der Waals surface area contributed by atoms with Crippen LogP contribution < -0.4 is 10.2 Å². The molecule has 0 saturated heterocycles. The number of aromatic nitrogens is 1. The van der Waals surface area contributed by atoms with E-state index in [-0.39, 0.29) is 11.3 Å². The van der Waals surface area contributed by atoms with E-state index in [1.165, 1.54) is 31.5 Å². The number of hydrogen-bond acceptors (Lipinski definition) is 5. The zero-order chi connectivity index (χ0) is 24.3. The second-order valence-corrected chi connectivity index (χ2v) is 7.05. The fraction of sp³-hybridized carbons (Fsp3) is 0.182. The van der Waals surface area contributed by atoms with E-state index in [2.05, 4.69) is 10.5 Å². The third-order valence-corrected chi connectivity index (χ3v) is 4.91. The highest BCUT2D eigenvalue weighted by Gasteiger charge is 2.30. The summed E-state index contributed by atoms with van der Waals surface area (Å²) in [6.07, 6.45) is -3.20. The molecule has 3 rings (SSSR count). The van der Waals surface area contributed by atoms with Gasteiger partial charge in [-0.25, -0.2) is 5.43 Å². The number of non-ortho nitro benzene ring substituents is 1. The maximum atomic E-state index is 12.8. The number of nitro groups is 1. The molecule has 0 unspecified atom stereocenters. The van der Waals surface area contributed by atoms with Crippen LogP contribution in [0.1, 0.15) is 32.9 Å². The van der Waals surface area contributed by atoms with Crippen LogP contribution in [-0.2, 0) is 6.18 Å². The molecule has 2 aromatic carbocycles. The van der Waals surface area contributed by atoms with Crippen molar-refractivity contribution in [3.05, 3.63) is 86.7 Å². The van der Waals surface area contributed by atoms with Crippen LogP contribution in [0, 0.1) is 24.0 Å². The number of halogens is 3. The largest absolute Gasteiger partial charge is 0.494 e. The van der Waals surface area contributed by atoms with Gasteiger partial charge in [-0.2, -0.15) is 18.3 Å². The van der Waals surface area contributed by atoms with Crippen LogP contribution in [0.15, 0.2) is 53.6 Å². The average molecular weight is 460 g/mol. The molecule has 1 heterocycles. The van der Waals surface area contributed by atoms with Gasteiger partial charge >= 0.3 is 6.18 Å². The predicted molar refractivity (Wildman–Crippen MR) is 115 cm³/mol. The maximum absolute atomic E-state index is 12.8. The fourth-order valence-electron chi connectivity index (χ4n) is 3.32. The molecule has 172 valence electrons. The summed E-state index contributed by atoms with van der Waals surface area (Å²) in [4.78, 5) is 22.7. The topological polar surface area (TPSA) is 98.8 Å². The van der Waals surface area contributed by atoms with Crippen LogP contribution in [0.25, 0.3) is 5.69 Å². The minimum Gasteiger partial charge on any atom is -0.494 e. The zero-order valence-corrected chi connectivity index (χ0v) is 17.8. The second kappa shape index (κ2) is 9.15. The third kappa shape index (κ3) is 5.03. The van der Waals surface area contributed by atoms with Gasteiger partial charge in [-0.05, 0) is 44.2 Å². The number of carbonyl (C=O) groups excluding carboxylic acids is 1. The molecule has 11 heteroatoms. The molecule has 0 saturated carbocycles. The van der Waals surface area contributed by atoms with Gasteiger partial charge in [0, 0.05) is 28.6 Å². The van der Waals surface area contributed by atoms with Crippen LogP contribution >= 0.6 is 0 Å². The molecule has 1 amide bonds. The quantitative estimate of drug-likeness (QED) is 0.325. The Labute approximate surface area is 186 Å². The number of alkyl halides is 3. The van der Waals surface area contributed by atoms with Gasteiger partial charge < -0.3 is 9.30 Å². The Hall–Kier alpha value is -4.15. The number of nitrogens with zero attached hydrogens (tertiary/aromatic N) is 3. The van der Waals surface area contributed by atoms with Crippen LogP contribution in [0.2, 0.25) is 0 Å². The summed E-state index contributed by atoms with van der Waals surface area (Å²) in [5.74, 6) is -0.490. The van der Waals surface area contributed by atoms with E-state index in [9.17, 15) is 28.1 Å². The number of methoxy groups -OCH3 is 1. The Morgan fingerprint density at radius 2 is 1.91 bits per heavy atom. The summed E-state index contributed by atoms with van der Waals surface area (Å²) < 4.78 is 45.6. The number of nitrogens with one attached hydrogen (secondary N) is 1. The van der Waals surface area contributed by atoms with Crippen LogP contribution in [0.5, 0.6) is 5.75 Å². The van der Waals surface area contributed by atoms with E-state index in [1.807, 2.05) is 6.92 Å².